The first-order chi connectivity index (χ1) is 15.4. The number of esters is 1. The van der Waals surface area contributed by atoms with Crippen LogP contribution in [-0.4, -0.2) is 87.8 Å². The lowest BCUT2D eigenvalue weighted by Gasteiger charge is -2.42. The van der Waals surface area contributed by atoms with Crippen molar-refractivity contribution in [1.29, 1.82) is 0 Å². The summed E-state index contributed by atoms with van der Waals surface area (Å²) in [5, 5.41) is 50.0. The van der Waals surface area contributed by atoms with Gasteiger partial charge in [-0.1, -0.05) is 24.3 Å². The van der Waals surface area contributed by atoms with Crippen LogP contribution in [0, 0.1) is 11.8 Å². The van der Waals surface area contributed by atoms with E-state index in [1.165, 1.54) is 6.26 Å². The van der Waals surface area contributed by atoms with E-state index in [4.69, 9.17) is 18.9 Å². The van der Waals surface area contributed by atoms with Crippen molar-refractivity contribution < 1.29 is 49.3 Å². The molecule has 1 aliphatic carbocycles. The molecule has 10 nitrogen and oxygen atoms in total. The van der Waals surface area contributed by atoms with E-state index in [1.807, 2.05) is 0 Å². The van der Waals surface area contributed by atoms with Crippen molar-refractivity contribution in [3.8, 4) is 0 Å². The Morgan fingerprint density at radius 3 is 2.47 bits per heavy atom. The van der Waals surface area contributed by atoms with Crippen LogP contribution in [0.5, 0.6) is 0 Å². The van der Waals surface area contributed by atoms with Crippen LogP contribution >= 0.6 is 0 Å². The zero-order valence-electron chi connectivity index (χ0n) is 17.0. The van der Waals surface area contributed by atoms with E-state index < -0.39 is 67.5 Å². The van der Waals surface area contributed by atoms with Gasteiger partial charge in [-0.25, -0.2) is 4.79 Å². The van der Waals surface area contributed by atoms with Gasteiger partial charge >= 0.3 is 5.97 Å². The highest BCUT2D eigenvalue weighted by atomic mass is 16.8. The maximum Gasteiger partial charge on any atom is 0.338 e. The topological polar surface area (TPSA) is 155 Å². The number of fused-ring (bicyclic) bond motifs is 1. The standard InChI is InChI=1S/C22H26O10/c23-9-15-17(25)18(26)19(27)22(31-15)32-21-16-12(8-14(24)13(16)6-7-29-21)10-30-20(28)11-4-2-1-3-5-11/h1-8,13-19,21-27H,9-10H2/t13-,14+,15-,16+,17-,18+,19-,21+,22+/m1/s1. The second kappa shape index (κ2) is 9.67. The van der Waals surface area contributed by atoms with Crippen LogP contribution in [0.1, 0.15) is 10.4 Å². The molecule has 1 saturated heterocycles. The zero-order valence-corrected chi connectivity index (χ0v) is 17.0. The Balaban J connectivity index is 1.46. The van der Waals surface area contributed by atoms with Crippen molar-refractivity contribution in [2.24, 2.45) is 11.8 Å². The van der Waals surface area contributed by atoms with E-state index in [-0.39, 0.29) is 6.61 Å². The molecule has 9 atom stereocenters. The summed E-state index contributed by atoms with van der Waals surface area (Å²) in [5.74, 6) is -1.52. The number of rotatable bonds is 6. The second-order valence-corrected chi connectivity index (χ2v) is 7.94. The van der Waals surface area contributed by atoms with Crippen LogP contribution in [0.2, 0.25) is 0 Å². The Hall–Kier alpha value is -2.31. The number of hydrogen-bond donors (Lipinski definition) is 5. The first kappa shape index (κ1) is 22.9. The van der Waals surface area contributed by atoms with Crippen molar-refractivity contribution in [1.82, 2.24) is 0 Å². The molecule has 0 amide bonds. The van der Waals surface area contributed by atoms with Gasteiger partial charge < -0.3 is 44.5 Å². The average molecular weight is 450 g/mol. The number of aliphatic hydroxyl groups excluding tert-OH is 5. The molecule has 0 unspecified atom stereocenters. The Kier molecular flexibility index (Phi) is 6.91. The molecule has 2 heterocycles. The molecule has 0 bridgehead atoms. The number of hydrogen-bond acceptors (Lipinski definition) is 10. The maximum absolute atomic E-state index is 12.3. The van der Waals surface area contributed by atoms with Crippen LogP contribution < -0.4 is 0 Å². The lowest BCUT2D eigenvalue weighted by Crippen LogP contribution is -2.60. The van der Waals surface area contributed by atoms with Crippen LogP contribution in [0.4, 0.5) is 0 Å². The first-order valence-corrected chi connectivity index (χ1v) is 10.3. The quantitative estimate of drug-likeness (QED) is 0.271. The second-order valence-electron chi connectivity index (χ2n) is 7.94. The Morgan fingerprint density at radius 1 is 1.00 bits per heavy atom. The molecule has 0 spiro atoms. The summed E-state index contributed by atoms with van der Waals surface area (Å²) in [6.45, 7) is -0.709. The van der Waals surface area contributed by atoms with E-state index in [0.717, 1.165) is 0 Å². The van der Waals surface area contributed by atoms with E-state index in [9.17, 15) is 30.3 Å². The third kappa shape index (κ3) is 4.44. The molecule has 1 fully saturated rings. The Morgan fingerprint density at radius 2 is 1.75 bits per heavy atom. The predicted octanol–water partition coefficient (Wildman–Crippen LogP) is -0.937. The first-order valence-electron chi connectivity index (χ1n) is 10.3. The molecule has 1 aromatic carbocycles. The SMILES string of the molecule is O=C(OCC1=C[C@H](O)[C@H]2C=CO[C@@H](O[C@@H]3O[C@H](CO)[C@@H](O)[C@H](O)[C@H]3O)[C@@H]12)c1ccccc1. The van der Waals surface area contributed by atoms with E-state index in [0.29, 0.717) is 11.1 Å². The third-order valence-corrected chi connectivity index (χ3v) is 5.92. The number of ether oxygens (including phenoxy) is 4. The fourth-order valence-corrected chi connectivity index (χ4v) is 4.17. The predicted molar refractivity (Wildman–Crippen MR) is 107 cm³/mol. The minimum absolute atomic E-state index is 0.113. The van der Waals surface area contributed by atoms with Gasteiger partial charge in [0, 0.05) is 5.92 Å². The summed E-state index contributed by atoms with van der Waals surface area (Å²) < 4.78 is 22.1. The van der Waals surface area contributed by atoms with Gasteiger partial charge in [0.05, 0.1) is 30.5 Å². The third-order valence-electron chi connectivity index (χ3n) is 5.92. The molecule has 10 heteroatoms. The molecule has 2 aliphatic heterocycles. The largest absolute Gasteiger partial charge is 0.472 e. The molecule has 0 aromatic heterocycles. The lowest BCUT2D eigenvalue weighted by atomic mass is 9.88. The minimum Gasteiger partial charge on any atom is -0.472 e. The summed E-state index contributed by atoms with van der Waals surface area (Å²) in [6.07, 6.45) is -4.61. The molecule has 0 saturated carbocycles. The zero-order chi connectivity index (χ0) is 22.8. The fourth-order valence-electron chi connectivity index (χ4n) is 4.17. The summed E-state index contributed by atoms with van der Waals surface area (Å²) >= 11 is 0. The van der Waals surface area contributed by atoms with Gasteiger partial charge in [-0.05, 0) is 23.8 Å². The van der Waals surface area contributed by atoms with Gasteiger partial charge in [0.15, 0.2) is 6.29 Å². The minimum atomic E-state index is -1.60. The maximum atomic E-state index is 12.3. The normalized spacial score (nSPS) is 38.5. The van der Waals surface area contributed by atoms with E-state index in [1.54, 1.807) is 42.5 Å². The van der Waals surface area contributed by atoms with Crippen LogP contribution in [0.3, 0.4) is 0 Å². The highest BCUT2D eigenvalue weighted by Gasteiger charge is 2.49. The van der Waals surface area contributed by atoms with E-state index >= 15 is 0 Å². The molecule has 0 radical (unpaired) electrons. The van der Waals surface area contributed by atoms with Crippen molar-refractivity contribution in [2.75, 3.05) is 13.2 Å². The average Bonchev–Trinajstić information content (AvgIpc) is 3.14. The van der Waals surface area contributed by atoms with Crippen molar-refractivity contribution in [3.05, 3.63) is 59.9 Å². The molecule has 4 rings (SSSR count). The summed E-state index contributed by atoms with van der Waals surface area (Å²) in [6, 6.07) is 8.47. The molecule has 3 aliphatic rings. The molecular formula is C22H26O10. The van der Waals surface area contributed by atoms with Gasteiger partial charge in [0.25, 0.3) is 0 Å². The fraction of sp³-hybridized carbons (Fsp3) is 0.500. The highest BCUT2D eigenvalue weighted by molar-refractivity contribution is 5.89. The monoisotopic (exact) mass is 450 g/mol. The van der Waals surface area contributed by atoms with Gasteiger partial charge in [-0.2, -0.15) is 0 Å². The number of aliphatic hydroxyl groups is 5. The molecule has 174 valence electrons. The van der Waals surface area contributed by atoms with Crippen LogP contribution in [-0.2, 0) is 18.9 Å². The summed E-state index contributed by atoms with van der Waals surface area (Å²) in [5.41, 5.74) is 0.947. The van der Waals surface area contributed by atoms with Crippen LogP contribution in [0.15, 0.2) is 54.3 Å². The van der Waals surface area contributed by atoms with Gasteiger partial charge in [0.2, 0.25) is 6.29 Å². The van der Waals surface area contributed by atoms with E-state index in [2.05, 4.69) is 0 Å². The van der Waals surface area contributed by atoms with Gasteiger partial charge in [0.1, 0.15) is 31.0 Å². The van der Waals surface area contributed by atoms with Crippen LogP contribution in [0.25, 0.3) is 0 Å². The molecule has 5 N–H and O–H groups in total. The number of carbonyl (C=O) groups excluding carboxylic acids is 1. The summed E-state index contributed by atoms with van der Waals surface area (Å²) in [7, 11) is 0. The van der Waals surface area contributed by atoms with Gasteiger partial charge in [-0.3, -0.25) is 0 Å². The number of benzene rings is 1. The smallest absolute Gasteiger partial charge is 0.338 e. The van der Waals surface area contributed by atoms with Crippen molar-refractivity contribution in [3.63, 3.8) is 0 Å². The van der Waals surface area contributed by atoms with Crippen molar-refractivity contribution in [2.45, 2.75) is 43.1 Å². The molecule has 1 aromatic rings. The number of carbonyl (C=O) groups is 1. The van der Waals surface area contributed by atoms with Gasteiger partial charge in [-0.15, -0.1) is 0 Å². The Bertz CT molecular complexity index is 854. The summed E-state index contributed by atoms with van der Waals surface area (Å²) in [4.78, 5) is 12.3. The molecule has 32 heavy (non-hydrogen) atoms. The molecular weight excluding hydrogens is 424 g/mol. The lowest BCUT2D eigenvalue weighted by molar-refractivity contribution is -0.339. The Labute approximate surface area is 183 Å². The van der Waals surface area contributed by atoms with Crippen molar-refractivity contribution >= 4 is 5.97 Å². The highest BCUT2D eigenvalue weighted by Crippen LogP contribution is 2.41.